The van der Waals surface area contributed by atoms with Crippen molar-refractivity contribution < 1.29 is 0 Å². The molecule has 2 atom stereocenters. The zero-order valence-corrected chi connectivity index (χ0v) is 12.2. The molecule has 0 saturated carbocycles. The van der Waals surface area contributed by atoms with Gasteiger partial charge in [-0.15, -0.1) is 0 Å². The summed E-state index contributed by atoms with van der Waals surface area (Å²) >= 11 is 3.61. The predicted octanol–water partition coefficient (Wildman–Crippen LogP) is 4.53. The minimum Gasteiger partial charge on any atom is -0.307 e. The van der Waals surface area contributed by atoms with Crippen molar-refractivity contribution in [2.24, 2.45) is 5.92 Å². The topological polar surface area (TPSA) is 12.0 Å². The van der Waals surface area contributed by atoms with Crippen LogP contribution in [0.15, 0.2) is 28.7 Å². The van der Waals surface area contributed by atoms with Crippen LogP contribution >= 0.6 is 15.9 Å². The van der Waals surface area contributed by atoms with Crippen LogP contribution in [0.2, 0.25) is 0 Å². The number of rotatable bonds is 5. The van der Waals surface area contributed by atoms with E-state index in [4.69, 9.17) is 0 Å². The molecule has 0 aromatic heterocycles. The minimum absolute atomic E-state index is 0.392. The highest BCUT2D eigenvalue weighted by Crippen LogP contribution is 2.24. The monoisotopic (exact) mass is 283 g/mol. The van der Waals surface area contributed by atoms with Crippen LogP contribution in [0.1, 0.15) is 45.7 Å². The largest absolute Gasteiger partial charge is 0.307 e. The number of hydrogen-bond donors (Lipinski definition) is 1. The fraction of sp³-hybridized carbons (Fsp3) is 0.571. The van der Waals surface area contributed by atoms with Gasteiger partial charge in [0.1, 0.15) is 0 Å². The molecule has 1 aromatic rings. The molecule has 2 unspecified atom stereocenters. The lowest BCUT2D eigenvalue weighted by Gasteiger charge is -2.26. The highest BCUT2D eigenvalue weighted by molar-refractivity contribution is 9.10. The number of benzene rings is 1. The summed E-state index contributed by atoms with van der Waals surface area (Å²) in [6, 6.07) is 9.40. The molecule has 1 N–H and O–H groups in total. The third-order valence-electron chi connectivity index (χ3n) is 3.08. The maximum Gasteiger partial charge on any atom is 0.0305 e. The summed E-state index contributed by atoms with van der Waals surface area (Å²) in [5.74, 6) is 0.676. The fourth-order valence-corrected chi connectivity index (χ4v) is 2.65. The molecule has 0 bridgehead atoms. The van der Waals surface area contributed by atoms with Gasteiger partial charge in [-0.3, -0.25) is 0 Å². The van der Waals surface area contributed by atoms with Crippen LogP contribution < -0.4 is 5.32 Å². The van der Waals surface area contributed by atoms with Crippen LogP contribution in [0.25, 0.3) is 0 Å². The quantitative estimate of drug-likeness (QED) is 0.837. The van der Waals surface area contributed by atoms with E-state index < -0.39 is 0 Å². The highest BCUT2D eigenvalue weighted by Gasteiger charge is 2.15. The average molecular weight is 284 g/mol. The van der Waals surface area contributed by atoms with E-state index >= 15 is 0 Å². The van der Waals surface area contributed by atoms with Gasteiger partial charge in [-0.05, 0) is 30.9 Å². The van der Waals surface area contributed by atoms with E-state index in [1.165, 1.54) is 16.5 Å². The van der Waals surface area contributed by atoms with Crippen LogP contribution in [0.5, 0.6) is 0 Å². The fourth-order valence-electron chi connectivity index (χ4n) is 2.02. The van der Waals surface area contributed by atoms with Gasteiger partial charge in [0, 0.05) is 16.6 Å². The summed E-state index contributed by atoms with van der Waals surface area (Å²) < 4.78 is 1.19. The molecule has 0 fully saturated rings. The molecule has 0 amide bonds. The van der Waals surface area contributed by atoms with Crippen LogP contribution in [-0.4, -0.2) is 6.04 Å². The molecule has 0 saturated heterocycles. The van der Waals surface area contributed by atoms with Crippen LogP contribution in [-0.2, 0) is 0 Å². The third kappa shape index (κ3) is 3.60. The van der Waals surface area contributed by atoms with Gasteiger partial charge in [0.25, 0.3) is 0 Å². The Kier molecular flexibility index (Phi) is 5.50. The molecule has 2 heteroatoms. The van der Waals surface area contributed by atoms with E-state index in [9.17, 15) is 0 Å². The van der Waals surface area contributed by atoms with Gasteiger partial charge in [0.15, 0.2) is 0 Å². The van der Waals surface area contributed by atoms with Gasteiger partial charge in [-0.25, -0.2) is 0 Å². The smallest absolute Gasteiger partial charge is 0.0305 e. The van der Waals surface area contributed by atoms with Crippen molar-refractivity contribution in [3.8, 4) is 0 Å². The first-order chi connectivity index (χ1) is 7.56. The molecule has 16 heavy (non-hydrogen) atoms. The molecule has 0 spiro atoms. The Hall–Kier alpha value is -0.340. The van der Waals surface area contributed by atoms with Crippen molar-refractivity contribution in [1.29, 1.82) is 0 Å². The van der Waals surface area contributed by atoms with Crippen LogP contribution in [0.3, 0.4) is 0 Å². The van der Waals surface area contributed by atoms with Gasteiger partial charge < -0.3 is 5.32 Å². The van der Waals surface area contributed by atoms with Gasteiger partial charge in [-0.2, -0.15) is 0 Å². The van der Waals surface area contributed by atoms with Gasteiger partial charge in [0.05, 0.1) is 0 Å². The summed E-state index contributed by atoms with van der Waals surface area (Å²) in [7, 11) is 0. The SMILES string of the molecule is CCC(NC(C)c1ccccc1Br)C(C)C. The third-order valence-corrected chi connectivity index (χ3v) is 3.80. The van der Waals surface area contributed by atoms with Crippen molar-refractivity contribution in [2.45, 2.75) is 46.2 Å². The Morgan fingerprint density at radius 3 is 2.31 bits per heavy atom. The molecular formula is C14H22BrN. The van der Waals surface area contributed by atoms with E-state index in [0.717, 1.165) is 0 Å². The number of hydrogen-bond acceptors (Lipinski definition) is 1. The Morgan fingerprint density at radius 1 is 1.19 bits per heavy atom. The van der Waals surface area contributed by atoms with E-state index in [1.54, 1.807) is 0 Å². The van der Waals surface area contributed by atoms with Crippen molar-refractivity contribution >= 4 is 15.9 Å². The molecule has 0 aliphatic rings. The Labute approximate surface area is 108 Å². The second-order valence-corrected chi connectivity index (χ2v) is 5.52. The summed E-state index contributed by atoms with van der Waals surface area (Å²) in [6.07, 6.45) is 1.17. The van der Waals surface area contributed by atoms with E-state index in [0.29, 0.717) is 18.0 Å². The van der Waals surface area contributed by atoms with Crippen molar-refractivity contribution in [3.63, 3.8) is 0 Å². The summed E-state index contributed by atoms with van der Waals surface area (Å²) in [4.78, 5) is 0. The van der Waals surface area contributed by atoms with Crippen LogP contribution in [0.4, 0.5) is 0 Å². The molecule has 0 aliphatic carbocycles. The molecule has 90 valence electrons. The molecule has 0 radical (unpaired) electrons. The first kappa shape index (κ1) is 13.7. The second kappa shape index (κ2) is 6.41. The Morgan fingerprint density at radius 2 is 1.81 bits per heavy atom. The van der Waals surface area contributed by atoms with Gasteiger partial charge >= 0.3 is 0 Å². The molecule has 0 aliphatic heterocycles. The molecule has 1 aromatic carbocycles. The number of nitrogens with one attached hydrogen (secondary N) is 1. The van der Waals surface area contributed by atoms with Gasteiger partial charge in [0.2, 0.25) is 0 Å². The minimum atomic E-state index is 0.392. The van der Waals surface area contributed by atoms with Crippen molar-refractivity contribution in [2.75, 3.05) is 0 Å². The number of halogens is 1. The van der Waals surface area contributed by atoms with Crippen LogP contribution in [0, 0.1) is 5.92 Å². The maximum atomic E-state index is 3.69. The molecule has 0 heterocycles. The molecule has 1 rings (SSSR count). The Balaban J connectivity index is 2.72. The second-order valence-electron chi connectivity index (χ2n) is 4.67. The normalized spacial score (nSPS) is 15.1. The first-order valence-corrected chi connectivity index (χ1v) is 6.86. The summed E-state index contributed by atoms with van der Waals surface area (Å²) in [5, 5.41) is 3.69. The zero-order valence-electron chi connectivity index (χ0n) is 10.6. The summed E-state index contributed by atoms with van der Waals surface area (Å²) in [5.41, 5.74) is 1.33. The first-order valence-electron chi connectivity index (χ1n) is 6.06. The van der Waals surface area contributed by atoms with E-state index in [-0.39, 0.29) is 0 Å². The maximum absolute atomic E-state index is 3.69. The predicted molar refractivity (Wildman–Crippen MR) is 74.6 cm³/mol. The van der Waals surface area contributed by atoms with Crippen molar-refractivity contribution in [1.82, 2.24) is 5.32 Å². The highest BCUT2D eigenvalue weighted by atomic mass is 79.9. The average Bonchev–Trinajstić information content (AvgIpc) is 2.25. The summed E-state index contributed by atoms with van der Waals surface area (Å²) in [6.45, 7) is 9.01. The zero-order chi connectivity index (χ0) is 12.1. The standard InChI is InChI=1S/C14H22BrN/c1-5-14(10(2)3)16-11(4)12-8-6-7-9-13(12)15/h6-11,14,16H,5H2,1-4H3. The van der Waals surface area contributed by atoms with E-state index in [2.05, 4.69) is 73.2 Å². The molecular weight excluding hydrogens is 262 g/mol. The Bertz CT molecular complexity index is 322. The van der Waals surface area contributed by atoms with E-state index in [1.807, 2.05) is 0 Å². The lowest BCUT2D eigenvalue weighted by Crippen LogP contribution is -2.35. The van der Waals surface area contributed by atoms with Crippen molar-refractivity contribution in [3.05, 3.63) is 34.3 Å². The lowest BCUT2D eigenvalue weighted by atomic mass is 9.99. The lowest BCUT2D eigenvalue weighted by molar-refractivity contribution is 0.355. The van der Waals surface area contributed by atoms with Gasteiger partial charge in [-0.1, -0.05) is 54.9 Å². The molecule has 1 nitrogen and oxygen atoms in total.